The predicted molar refractivity (Wildman–Crippen MR) is 59.9 cm³/mol. The molecule has 0 radical (unpaired) electrons. The van der Waals surface area contributed by atoms with Crippen molar-refractivity contribution in [3.05, 3.63) is 0 Å². The Morgan fingerprint density at radius 2 is 1.71 bits per heavy atom. The number of amides is 2. The molecule has 1 heterocycles. The number of nitrogens with zero attached hydrogens (tertiary/aromatic N) is 3. The van der Waals surface area contributed by atoms with Crippen LogP contribution in [0.25, 0.3) is 0 Å². The summed E-state index contributed by atoms with van der Waals surface area (Å²) < 4.78 is 4.85. The summed E-state index contributed by atoms with van der Waals surface area (Å²) in [6.45, 7) is 2.53. The minimum absolute atomic E-state index is 0.0548. The van der Waals surface area contributed by atoms with Gasteiger partial charge in [0.25, 0.3) is 0 Å². The summed E-state index contributed by atoms with van der Waals surface area (Å²) in [4.78, 5) is 26.4. The van der Waals surface area contributed by atoms with E-state index in [1.165, 1.54) is 0 Å². The van der Waals surface area contributed by atoms with Gasteiger partial charge in [0, 0.05) is 33.3 Å². The van der Waals surface area contributed by atoms with Gasteiger partial charge in [-0.25, -0.2) is 0 Å². The van der Waals surface area contributed by atoms with Crippen LogP contribution in [-0.4, -0.2) is 61.5 Å². The number of nitriles is 1. The molecular weight excluding hydrogens is 222 g/mol. The average molecular weight is 239 g/mol. The maximum Gasteiger partial charge on any atom is 0.236 e. The Morgan fingerprint density at radius 3 is 2.18 bits per heavy atom. The lowest BCUT2D eigenvalue weighted by molar-refractivity contribution is -0.139. The normalized spacial score (nSPS) is 15.5. The van der Waals surface area contributed by atoms with Crippen LogP contribution in [0.5, 0.6) is 0 Å². The summed E-state index contributed by atoms with van der Waals surface area (Å²) in [5, 5.41) is 8.43. The average Bonchev–Trinajstić information content (AvgIpc) is 2.36. The van der Waals surface area contributed by atoms with Crippen molar-refractivity contribution in [1.29, 1.82) is 5.26 Å². The predicted octanol–water partition coefficient (Wildman–Crippen LogP) is -0.393. The van der Waals surface area contributed by atoms with E-state index in [0.717, 1.165) is 0 Å². The highest BCUT2D eigenvalue weighted by Gasteiger charge is 2.23. The van der Waals surface area contributed by atoms with Crippen LogP contribution in [0.4, 0.5) is 0 Å². The Hall–Kier alpha value is -1.61. The number of methoxy groups -OCH3 is 1. The van der Waals surface area contributed by atoms with Crippen LogP contribution in [0, 0.1) is 11.3 Å². The Kier molecular flexibility index (Phi) is 5.43. The molecule has 1 saturated heterocycles. The summed E-state index contributed by atoms with van der Waals surface area (Å²) in [5.74, 6) is -0.101. The molecule has 0 aliphatic carbocycles. The van der Waals surface area contributed by atoms with E-state index in [2.05, 4.69) is 0 Å². The first-order chi connectivity index (χ1) is 8.19. The van der Waals surface area contributed by atoms with E-state index in [4.69, 9.17) is 10.00 Å². The van der Waals surface area contributed by atoms with E-state index in [-0.39, 0.29) is 18.2 Å². The molecule has 0 saturated carbocycles. The summed E-state index contributed by atoms with van der Waals surface area (Å²) in [7, 11) is 1.56. The Morgan fingerprint density at radius 1 is 1.18 bits per heavy atom. The fourth-order valence-corrected chi connectivity index (χ4v) is 1.73. The largest absolute Gasteiger partial charge is 0.384 e. The fourth-order valence-electron chi connectivity index (χ4n) is 1.73. The molecule has 0 N–H and O–H groups in total. The van der Waals surface area contributed by atoms with Crippen molar-refractivity contribution < 1.29 is 14.3 Å². The second-order valence-corrected chi connectivity index (χ2v) is 3.84. The lowest BCUT2D eigenvalue weighted by Gasteiger charge is -2.34. The van der Waals surface area contributed by atoms with Crippen molar-refractivity contribution in [1.82, 2.24) is 9.80 Å². The molecule has 1 fully saturated rings. The lowest BCUT2D eigenvalue weighted by Crippen LogP contribution is -2.50. The Labute approximate surface area is 101 Å². The number of piperazine rings is 1. The van der Waals surface area contributed by atoms with Gasteiger partial charge in [0.05, 0.1) is 19.1 Å². The molecule has 0 aromatic rings. The van der Waals surface area contributed by atoms with Crippen molar-refractivity contribution >= 4 is 11.8 Å². The zero-order chi connectivity index (χ0) is 12.7. The van der Waals surface area contributed by atoms with E-state index in [1.807, 2.05) is 6.07 Å². The number of hydrogen-bond acceptors (Lipinski definition) is 4. The second-order valence-electron chi connectivity index (χ2n) is 3.84. The molecule has 2 amide bonds. The monoisotopic (exact) mass is 239 g/mol. The first-order valence-electron chi connectivity index (χ1n) is 5.60. The first kappa shape index (κ1) is 13.5. The summed E-state index contributed by atoms with van der Waals surface area (Å²) in [6.07, 6.45) is 0.292. The number of ether oxygens (including phenoxy) is 1. The topological polar surface area (TPSA) is 73.6 Å². The molecule has 1 aliphatic rings. The standard InChI is InChI=1S/C11H17N3O3/c1-17-9-3-11(16)14-7-5-13(6-8-14)10(15)2-4-12/h2-3,5-9H2,1H3. The van der Waals surface area contributed by atoms with Gasteiger partial charge < -0.3 is 14.5 Å². The molecule has 0 aromatic carbocycles. The third-order valence-corrected chi connectivity index (χ3v) is 2.74. The van der Waals surface area contributed by atoms with Gasteiger partial charge in [-0.3, -0.25) is 9.59 Å². The molecule has 0 atom stereocenters. The molecule has 6 nitrogen and oxygen atoms in total. The van der Waals surface area contributed by atoms with Crippen LogP contribution in [0.3, 0.4) is 0 Å². The van der Waals surface area contributed by atoms with Gasteiger partial charge in [0.15, 0.2) is 0 Å². The van der Waals surface area contributed by atoms with E-state index < -0.39 is 0 Å². The van der Waals surface area contributed by atoms with Crippen molar-refractivity contribution in [3.63, 3.8) is 0 Å². The van der Waals surface area contributed by atoms with Crippen molar-refractivity contribution in [2.75, 3.05) is 39.9 Å². The van der Waals surface area contributed by atoms with Gasteiger partial charge in [-0.2, -0.15) is 5.26 Å². The van der Waals surface area contributed by atoms with Crippen LogP contribution < -0.4 is 0 Å². The molecule has 0 spiro atoms. The minimum atomic E-state index is -0.156. The highest BCUT2D eigenvalue weighted by molar-refractivity contribution is 5.79. The summed E-state index contributed by atoms with van der Waals surface area (Å²) >= 11 is 0. The quantitative estimate of drug-likeness (QED) is 0.669. The van der Waals surface area contributed by atoms with E-state index in [9.17, 15) is 9.59 Å². The van der Waals surface area contributed by atoms with Crippen LogP contribution in [0.15, 0.2) is 0 Å². The third kappa shape index (κ3) is 4.04. The SMILES string of the molecule is COCCC(=O)N1CCN(C(=O)CC#N)CC1. The van der Waals surface area contributed by atoms with Crippen molar-refractivity contribution in [2.45, 2.75) is 12.8 Å². The van der Waals surface area contributed by atoms with Gasteiger partial charge in [-0.1, -0.05) is 0 Å². The van der Waals surface area contributed by atoms with Crippen LogP contribution in [0.1, 0.15) is 12.8 Å². The van der Waals surface area contributed by atoms with Gasteiger partial charge in [-0.15, -0.1) is 0 Å². The van der Waals surface area contributed by atoms with Crippen molar-refractivity contribution in [3.8, 4) is 6.07 Å². The molecular formula is C11H17N3O3. The summed E-state index contributed by atoms with van der Waals surface area (Å²) in [5.41, 5.74) is 0. The van der Waals surface area contributed by atoms with Gasteiger partial charge in [-0.05, 0) is 0 Å². The summed E-state index contributed by atoms with van der Waals surface area (Å²) in [6, 6.07) is 1.84. The Balaban J connectivity index is 2.33. The zero-order valence-electron chi connectivity index (χ0n) is 10.0. The highest BCUT2D eigenvalue weighted by atomic mass is 16.5. The molecule has 94 valence electrons. The molecule has 1 rings (SSSR count). The number of rotatable bonds is 4. The molecule has 6 heteroatoms. The lowest BCUT2D eigenvalue weighted by atomic mass is 10.2. The third-order valence-electron chi connectivity index (χ3n) is 2.74. The van der Waals surface area contributed by atoms with Gasteiger partial charge in [0.1, 0.15) is 6.42 Å². The minimum Gasteiger partial charge on any atom is -0.384 e. The van der Waals surface area contributed by atoms with Crippen LogP contribution in [0.2, 0.25) is 0 Å². The molecule has 17 heavy (non-hydrogen) atoms. The fraction of sp³-hybridized carbons (Fsp3) is 0.727. The van der Waals surface area contributed by atoms with Gasteiger partial charge in [0.2, 0.25) is 11.8 Å². The van der Waals surface area contributed by atoms with E-state index in [0.29, 0.717) is 39.2 Å². The molecule has 1 aliphatic heterocycles. The molecule has 0 bridgehead atoms. The molecule has 0 aromatic heterocycles. The van der Waals surface area contributed by atoms with Gasteiger partial charge >= 0.3 is 0 Å². The number of hydrogen-bond donors (Lipinski definition) is 0. The second kappa shape index (κ2) is 6.86. The maximum absolute atomic E-state index is 11.6. The van der Waals surface area contributed by atoms with Crippen LogP contribution >= 0.6 is 0 Å². The van der Waals surface area contributed by atoms with E-state index in [1.54, 1.807) is 16.9 Å². The number of carbonyl (C=O) groups excluding carboxylic acids is 2. The van der Waals surface area contributed by atoms with Crippen molar-refractivity contribution in [2.24, 2.45) is 0 Å². The zero-order valence-corrected chi connectivity index (χ0v) is 10.0. The highest BCUT2D eigenvalue weighted by Crippen LogP contribution is 2.05. The Bertz CT molecular complexity index is 316. The smallest absolute Gasteiger partial charge is 0.236 e. The number of carbonyl (C=O) groups is 2. The maximum atomic E-state index is 11.6. The molecule has 0 unspecified atom stereocenters. The van der Waals surface area contributed by atoms with Crippen LogP contribution in [-0.2, 0) is 14.3 Å². The first-order valence-corrected chi connectivity index (χ1v) is 5.60. The van der Waals surface area contributed by atoms with E-state index >= 15 is 0 Å².